The van der Waals surface area contributed by atoms with Gasteiger partial charge in [0.2, 0.25) is 0 Å². The van der Waals surface area contributed by atoms with Gasteiger partial charge < -0.3 is 9.84 Å². The highest BCUT2D eigenvalue weighted by molar-refractivity contribution is 5.70. The number of carbonyl (C=O) groups is 1. The quantitative estimate of drug-likeness (QED) is 0.557. The second kappa shape index (κ2) is 2.47. The molecule has 0 amide bonds. The zero-order valence-corrected chi connectivity index (χ0v) is 7.48. The first-order valence-electron chi connectivity index (χ1n) is 5.09. The van der Waals surface area contributed by atoms with Gasteiger partial charge in [-0.15, -0.1) is 0 Å². The van der Waals surface area contributed by atoms with Crippen molar-refractivity contribution in [3.8, 4) is 0 Å². The van der Waals surface area contributed by atoms with Gasteiger partial charge in [0, 0.05) is 6.42 Å². The molecule has 3 heteroatoms. The van der Waals surface area contributed by atoms with Crippen molar-refractivity contribution < 1.29 is 14.6 Å². The van der Waals surface area contributed by atoms with E-state index in [9.17, 15) is 9.90 Å². The van der Waals surface area contributed by atoms with Gasteiger partial charge in [-0.05, 0) is 36.5 Å². The molecule has 1 N–H and O–H groups in total. The van der Waals surface area contributed by atoms with E-state index >= 15 is 0 Å². The number of hydrogen-bond acceptors (Lipinski definition) is 3. The summed E-state index contributed by atoms with van der Waals surface area (Å²) >= 11 is 0. The zero-order valence-electron chi connectivity index (χ0n) is 7.48. The highest BCUT2D eigenvalue weighted by Crippen LogP contribution is 2.54. The number of fused-ring (bicyclic) bond motifs is 5. The predicted molar refractivity (Wildman–Crippen MR) is 44.8 cm³/mol. The monoisotopic (exact) mass is 182 g/mol. The van der Waals surface area contributed by atoms with E-state index in [0.29, 0.717) is 36.7 Å². The molecule has 3 nitrogen and oxygen atoms in total. The third-order valence-electron chi connectivity index (χ3n) is 4.16. The molecule has 3 fully saturated rings. The molecule has 1 heterocycles. The standard InChI is InChI=1S/C10H14O3/c11-9-2-5-1-7(9)6-3-10(12)13-4-8(5)6/h5-9,11H,1-4H2. The van der Waals surface area contributed by atoms with E-state index in [1.165, 1.54) is 0 Å². The Morgan fingerprint density at radius 2 is 2.08 bits per heavy atom. The van der Waals surface area contributed by atoms with E-state index < -0.39 is 0 Å². The lowest BCUT2D eigenvalue weighted by Gasteiger charge is -2.36. The molecule has 3 aliphatic rings. The van der Waals surface area contributed by atoms with Crippen molar-refractivity contribution in [3.63, 3.8) is 0 Å². The fourth-order valence-electron chi connectivity index (χ4n) is 3.57. The number of rotatable bonds is 0. The maximum absolute atomic E-state index is 11.1. The Labute approximate surface area is 77.1 Å². The maximum Gasteiger partial charge on any atom is 0.306 e. The fourth-order valence-corrected chi connectivity index (χ4v) is 3.57. The number of esters is 1. The van der Waals surface area contributed by atoms with E-state index in [1.54, 1.807) is 0 Å². The van der Waals surface area contributed by atoms with Crippen LogP contribution in [0.4, 0.5) is 0 Å². The fraction of sp³-hybridized carbons (Fsp3) is 0.900. The van der Waals surface area contributed by atoms with E-state index in [4.69, 9.17) is 4.74 Å². The van der Waals surface area contributed by atoms with Crippen LogP contribution < -0.4 is 0 Å². The largest absolute Gasteiger partial charge is 0.465 e. The molecule has 0 radical (unpaired) electrons. The van der Waals surface area contributed by atoms with E-state index in [1.807, 2.05) is 0 Å². The Kier molecular flexibility index (Phi) is 1.48. The maximum atomic E-state index is 11.1. The lowest BCUT2D eigenvalue weighted by molar-refractivity contribution is -0.156. The van der Waals surface area contributed by atoms with Gasteiger partial charge in [-0.1, -0.05) is 0 Å². The molecule has 2 bridgehead atoms. The molecular formula is C10H14O3. The van der Waals surface area contributed by atoms with Crippen LogP contribution in [0, 0.1) is 23.7 Å². The van der Waals surface area contributed by atoms with Gasteiger partial charge in [0.15, 0.2) is 0 Å². The summed E-state index contributed by atoms with van der Waals surface area (Å²) in [5, 5.41) is 9.69. The Balaban J connectivity index is 1.85. The molecule has 5 unspecified atom stereocenters. The summed E-state index contributed by atoms with van der Waals surface area (Å²) < 4.78 is 5.06. The third kappa shape index (κ3) is 0.966. The normalized spacial score (nSPS) is 53.3. The van der Waals surface area contributed by atoms with Crippen molar-refractivity contribution in [1.29, 1.82) is 0 Å². The van der Waals surface area contributed by atoms with Crippen LogP contribution in [0.3, 0.4) is 0 Å². The molecular weight excluding hydrogens is 168 g/mol. The van der Waals surface area contributed by atoms with Gasteiger partial charge in [0.1, 0.15) is 0 Å². The Bertz CT molecular complexity index is 249. The smallest absolute Gasteiger partial charge is 0.306 e. The Morgan fingerprint density at radius 3 is 2.92 bits per heavy atom. The second-order valence-corrected chi connectivity index (χ2v) is 4.68. The van der Waals surface area contributed by atoms with Crippen LogP contribution in [0.1, 0.15) is 19.3 Å². The Morgan fingerprint density at radius 1 is 1.23 bits per heavy atom. The molecule has 0 aromatic rings. The summed E-state index contributed by atoms with van der Waals surface area (Å²) in [6.45, 7) is 0.609. The van der Waals surface area contributed by atoms with Crippen LogP contribution in [0.5, 0.6) is 0 Å². The van der Waals surface area contributed by atoms with Gasteiger partial charge >= 0.3 is 5.97 Å². The number of carbonyl (C=O) groups excluding carboxylic acids is 1. The van der Waals surface area contributed by atoms with Crippen LogP contribution in [0.2, 0.25) is 0 Å². The van der Waals surface area contributed by atoms with Crippen LogP contribution in [-0.2, 0) is 9.53 Å². The summed E-state index contributed by atoms with van der Waals surface area (Å²) in [6, 6.07) is 0. The summed E-state index contributed by atoms with van der Waals surface area (Å²) in [4.78, 5) is 11.1. The number of aliphatic hydroxyl groups excluding tert-OH is 1. The molecule has 13 heavy (non-hydrogen) atoms. The topological polar surface area (TPSA) is 46.5 Å². The van der Waals surface area contributed by atoms with Gasteiger partial charge in [-0.2, -0.15) is 0 Å². The van der Waals surface area contributed by atoms with Crippen LogP contribution in [0.25, 0.3) is 0 Å². The molecule has 2 aliphatic carbocycles. The first-order valence-corrected chi connectivity index (χ1v) is 5.09. The summed E-state index contributed by atoms with van der Waals surface area (Å²) in [6.07, 6.45) is 2.46. The van der Waals surface area contributed by atoms with Crippen LogP contribution in [0.15, 0.2) is 0 Å². The molecule has 0 aromatic heterocycles. The van der Waals surface area contributed by atoms with Gasteiger partial charge in [0.05, 0.1) is 12.7 Å². The van der Waals surface area contributed by atoms with Crippen molar-refractivity contribution in [3.05, 3.63) is 0 Å². The molecule has 2 saturated carbocycles. The molecule has 0 aromatic carbocycles. The molecule has 0 spiro atoms. The SMILES string of the molecule is O=C1CC2C3CC(CC3O)C2CO1. The van der Waals surface area contributed by atoms with E-state index in [0.717, 1.165) is 12.8 Å². The number of ether oxygens (including phenoxy) is 1. The van der Waals surface area contributed by atoms with Crippen molar-refractivity contribution >= 4 is 5.97 Å². The Hall–Kier alpha value is -0.570. The molecule has 3 rings (SSSR count). The molecule has 1 saturated heterocycles. The molecule has 5 atom stereocenters. The molecule has 72 valence electrons. The summed E-state index contributed by atoms with van der Waals surface area (Å²) in [5.74, 6) is 1.93. The first kappa shape index (κ1) is 7.80. The highest BCUT2D eigenvalue weighted by atomic mass is 16.5. The van der Waals surface area contributed by atoms with Crippen LogP contribution in [-0.4, -0.2) is 23.8 Å². The van der Waals surface area contributed by atoms with Crippen molar-refractivity contribution in [2.75, 3.05) is 6.61 Å². The van der Waals surface area contributed by atoms with Crippen molar-refractivity contribution in [2.24, 2.45) is 23.7 Å². The third-order valence-corrected chi connectivity index (χ3v) is 4.16. The number of hydrogen-bond donors (Lipinski definition) is 1. The summed E-state index contributed by atoms with van der Waals surface area (Å²) in [7, 11) is 0. The van der Waals surface area contributed by atoms with Crippen molar-refractivity contribution in [2.45, 2.75) is 25.4 Å². The van der Waals surface area contributed by atoms with Gasteiger partial charge in [0.25, 0.3) is 0 Å². The number of aliphatic hydroxyl groups is 1. The van der Waals surface area contributed by atoms with Crippen LogP contribution >= 0.6 is 0 Å². The van der Waals surface area contributed by atoms with Crippen molar-refractivity contribution in [1.82, 2.24) is 0 Å². The van der Waals surface area contributed by atoms with Gasteiger partial charge in [-0.25, -0.2) is 0 Å². The van der Waals surface area contributed by atoms with E-state index in [2.05, 4.69) is 0 Å². The van der Waals surface area contributed by atoms with E-state index in [-0.39, 0.29) is 12.1 Å². The minimum absolute atomic E-state index is 0.0685. The number of cyclic esters (lactones) is 1. The predicted octanol–water partition coefficient (Wildman–Crippen LogP) is 0.566. The lowest BCUT2D eigenvalue weighted by Crippen LogP contribution is -2.39. The summed E-state index contributed by atoms with van der Waals surface area (Å²) in [5.41, 5.74) is 0. The second-order valence-electron chi connectivity index (χ2n) is 4.68. The van der Waals surface area contributed by atoms with Gasteiger partial charge in [-0.3, -0.25) is 4.79 Å². The average Bonchev–Trinajstić information content (AvgIpc) is 2.60. The highest BCUT2D eigenvalue weighted by Gasteiger charge is 2.54. The molecule has 1 aliphatic heterocycles. The first-order chi connectivity index (χ1) is 6.25. The lowest BCUT2D eigenvalue weighted by atomic mass is 9.75. The average molecular weight is 182 g/mol. The minimum Gasteiger partial charge on any atom is -0.465 e. The zero-order chi connectivity index (χ0) is 9.00. The minimum atomic E-state index is -0.142.